The van der Waals surface area contributed by atoms with Crippen LogP contribution in [-0.4, -0.2) is 77.7 Å². The molecule has 5 atom stereocenters. The van der Waals surface area contributed by atoms with E-state index in [-0.39, 0.29) is 13.2 Å². The van der Waals surface area contributed by atoms with Crippen molar-refractivity contribution in [1.29, 1.82) is 0 Å². The first-order chi connectivity index (χ1) is 15.8. The summed E-state index contributed by atoms with van der Waals surface area (Å²) in [6.07, 6.45) is -8.26. The fourth-order valence-electron chi connectivity index (χ4n) is 3.60. The topological polar surface area (TPSA) is 109 Å². The van der Waals surface area contributed by atoms with Crippen molar-refractivity contribution >= 4 is 11.6 Å². The van der Waals surface area contributed by atoms with Crippen molar-refractivity contribution in [1.82, 2.24) is 0 Å². The molecule has 0 spiro atoms. The molecule has 2 aromatic carbocycles. The molecule has 1 heterocycles. The molecular formula is C23H27ClF2O7. The Morgan fingerprint density at radius 2 is 1.70 bits per heavy atom. The van der Waals surface area contributed by atoms with Crippen LogP contribution < -0.4 is 4.74 Å². The number of hydrogen-bond donors (Lipinski definition) is 4. The lowest BCUT2D eigenvalue weighted by atomic mass is 9.90. The van der Waals surface area contributed by atoms with Crippen molar-refractivity contribution in [2.75, 3.05) is 26.4 Å². The largest absolute Gasteiger partial charge is 0.491 e. The van der Waals surface area contributed by atoms with Crippen LogP contribution in [-0.2, 0) is 15.9 Å². The summed E-state index contributed by atoms with van der Waals surface area (Å²) in [5.74, 6) is 0.570. The minimum Gasteiger partial charge on any atom is -0.491 e. The van der Waals surface area contributed by atoms with Crippen molar-refractivity contribution in [3.05, 3.63) is 64.2 Å². The molecule has 10 heteroatoms. The Kier molecular flexibility index (Phi) is 9.39. The quantitative estimate of drug-likeness (QED) is 0.379. The first-order valence-electron chi connectivity index (χ1n) is 10.5. The maximum atomic E-state index is 12.0. The summed E-state index contributed by atoms with van der Waals surface area (Å²) >= 11 is 6.36. The molecule has 182 valence electrons. The molecule has 0 amide bonds. The van der Waals surface area contributed by atoms with Crippen LogP contribution in [0.3, 0.4) is 0 Å². The van der Waals surface area contributed by atoms with Crippen molar-refractivity contribution in [2.24, 2.45) is 0 Å². The first-order valence-corrected chi connectivity index (χ1v) is 10.8. The van der Waals surface area contributed by atoms with Crippen LogP contribution in [0.5, 0.6) is 5.75 Å². The zero-order valence-corrected chi connectivity index (χ0v) is 18.4. The number of hydrogen-bond acceptors (Lipinski definition) is 7. The lowest BCUT2D eigenvalue weighted by molar-refractivity contribution is -0.231. The smallest absolute Gasteiger partial charge is 0.261 e. The number of alkyl halides is 2. The highest BCUT2D eigenvalue weighted by Gasteiger charge is 2.44. The molecule has 2 aromatic rings. The Hall–Kier alpha value is -1.85. The Morgan fingerprint density at radius 1 is 0.970 bits per heavy atom. The predicted octanol–water partition coefficient (Wildman–Crippen LogP) is 2.11. The van der Waals surface area contributed by atoms with Gasteiger partial charge in [0.15, 0.2) is 0 Å². The zero-order chi connectivity index (χ0) is 24.0. The summed E-state index contributed by atoms with van der Waals surface area (Å²) < 4.78 is 39.9. The Labute approximate surface area is 195 Å². The second kappa shape index (κ2) is 12.0. The van der Waals surface area contributed by atoms with Crippen LogP contribution >= 0.6 is 11.6 Å². The molecule has 0 bridgehead atoms. The molecule has 4 N–H and O–H groups in total. The minimum absolute atomic E-state index is 0.0619. The van der Waals surface area contributed by atoms with Gasteiger partial charge in [-0.05, 0) is 41.3 Å². The van der Waals surface area contributed by atoms with Gasteiger partial charge in [0.05, 0.1) is 13.2 Å². The van der Waals surface area contributed by atoms with E-state index in [1.54, 1.807) is 30.3 Å². The Balaban J connectivity index is 1.64. The van der Waals surface area contributed by atoms with Gasteiger partial charge < -0.3 is 34.6 Å². The normalized spacial score (nSPS) is 25.4. The third kappa shape index (κ3) is 6.83. The SMILES string of the molecule is OC[C@H]1O[C@@H](c2ccc(Cl)c(Cc3ccc(OCCOCC(F)F)cc3)c2)[C@H](O)C(O)[C@@H]1O. The van der Waals surface area contributed by atoms with Gasteiger partial charge in [-0.1, -0.05) is 35.9 Å². The van der Waals surface area contributed by atoms with E-state index in [9.17, 15) is 29.2 Å². The molecule has 33 heavy (non-hydrogen) atoms. The van der Waals surface area contributed by atoms with Crippen molar-refractivity contribution in [3.63, 3.8) is 0 Å². The molecule has 1 unspecified atom stereocenters. The fourth-order valence-corrected chi connectivity index (χ4v) is 3.78. The number of aliphatic hydroxyl groups excluding tert-OH is 4. The highest BCUT2D eigenvalue weighted by atomic mass is 35.5. The van der Waals surface area contributed by atoms with Crippen molar-refractivity contribution < 1.29 is 43.4 Å². The summed E-state index contributed by atoms with van der Waals surface area (Å²) in [6.45, 7) is -0.911. The average molecular weight is 489 g/mol. The number of rotatable bonds is 10. The minimum atomic E-state index is -2.50. The first kappa shape index (κ1) is 25.8. The van der Waals surface area contributed by atoms with Gasteiger partial charge in [-0.2, -0.15) is 0 Å². The van der Waals surface area contributed by atoms with Gasteiger partial charge in [0, 0.05) is 5.02 Å². The van der Waals surface area contributed by atoms with Gasteiger partial charge in [0.25, 0.3) is 6.43 Å². The number of aliphatic hydroxyl groups is 4. The molecule has 0 aliphatic carbocycles. The molecule has 0 saturated carbocycles. The van der Waals surface area contributed by atoms with E-state index in [0.717, 1.165) is 11.1 Å². The third-order valence-corrected chi connectivity index (χ3v) is 5.72. The van der Waals surface area contributed by atoms with Crippen LogP contribution in [0.4, 0.5) is 8.78 Å². The van der Waals surface area contributed by atoms with E-state index < -0.39 is 50.2 Å². The average Bonchev–Trinajstić information content (AvgIpc) is 2.80. The van der Waals surface area contributed by atoms with Gasteiger partial charge in [0.2, 0.25) is 0 Å². The van der Waals surface area contributed by atoms with Crippen molar-refractivity contribution in [2.45, 2.75) is 43.4 Å². The maximum absolute atomic E-state index is 12.0. The van der Waals surface area contributed by atoms with E-state index in [2.05, 4.69) is 0 Å². The highest BCUT2D eigenvalue weighted by molar-refractivity contribution is 6.31. The van der Waals surface area contributed by atoms with Crippen LogP contribution in [0.15, 0.2) is 42.5 Å². The molecule has 1 saturated heterocycles. The standard InChI is InChI=1S/C23H27ClF2O7/c24-17-6-3-14(23-22(30)21(29)20(28)18(11-27)33-23)10-15(17)9-13-1-4-16(5-2-13)32-8-7-31-12-19(25)26/h1-6,10,18-23,27-30H,7-9,11-12H2/t18-,20-,21?,22-,23+/m1/s1. The van der Waals surface area contributed by atoms with E-state index >= 15 is 0 Å². The second-order valence-corrected chi connectivity index (χ2v) is 8.14. The Morgan fingerprint density at radius 3 is 2.36 bits per heavy atom. The third-order valence-electron chi connectivity index (χ3n) is 5.35. The van der Waals surface area contributed by atoms with Gasteiger partial charge in [-0.15, -0.1) is 0 Å². The number of benzene rings is 2. The highest BCUT2D eigenvalue weighted by Crippen LogP contribution is 2.34. The molecular weight excluding hydrogens is 462 g/mol. The van der Waals surface area contributed by atoms with E-state index in [1.165, 1.54) is 0 Å². The Bertz CT molecular complexity index is 882. The summed E-state index contributed by atoms with van der Waals surface area (Å²) in [5, 5.41) is 40.3. The summed E-state index contributed by atoms with van der Waals surface area (Å²) in [7, 11) is 0. The molecule has 0 radical (unpaired) electrons. The van der Waals surface area contributed by atoms with Crippen LogP contribution in [0.1, 0.15) is 22.8 Å². The van der Waals surface area contributed by atoms with Gasteiger partial charge in [0.1, 0.15) is 49.5 Å². The molecule has 3 rings (SSSR count). The molecule has 0 aromatic heterocycles. The lowest BCUT2D eigenvalue weighted by Gasteiger charge is -2.40. The predicted molar refractivity (Wildman–Crippen MR) is 116 cm³/mol. The summed E-state index contributed by atoms with van der Waals surface area (Å²) in [4.78, 5) is 0. The monoisotopic (exact) mass is 488 g/mol. The zero-order valence-electron chi connectivity index (χ0n) is 17.7. The van der Waals surface area contributed by atoms with Gasteiger partial charge in [-0.25, -0.2) is 8.78 Å². The maximum Gasteiger partial charge on any atom is 0.261 e. The van der Waals surface area contributed by atoms with Crippen LogP contribution in [0.2, 0.25) is 5.02 Å². The fraction of sp³-hybridized carbons (Fsp3) is 0.478. The van der Waals surface area contributed by atoms with Gasteiger partial charge in [-0.3, -0.25) is 0 Å². The van der Waals surface area contributed by atoms with E-state index in [1.807, 2.05) is 12.1 Å². The summed E-state index contributed by atoms with van der Waals surface area (Å²) in [5.41, 5.74) is 2.22. The van der Waals surface area contributed by atoms with Crippen molar-refractivity contribution in [3.8, 4) is 5.75 Å². The molecule has 1 aliphatic rings. The van der Waals surface area contributed by atoms with Crippen LogP contribution in [0, 0.1) is 0 Å². The summed E-state index contributed by atoms with van der Waals surface area (Å²) in [6, 6.07) is 12.2. The number of halogens is 3. The second-order valence-electron chi connectivity index (χ2n) is 7.74. The van der Waals surface area contributed by atoms with E-state index in [0.29, 0.717) is 22.8 Å². The van der Waals surface area contributed by atoms with Crippen LogP contribution in [0.25, 0.3) is 0 Å². The van der Waals surface area contributed by atoms with E-state index in [4.69, 9.17) is 25.8 Å². The molecule has 1 aliphatic heterocycles. The molecule has 7 nitrogen and oxygen atoms in total. The lowest BCUT2D eigenvalue weighted by Crippen LogP contribution is -2.55. The molecule has 1 fully saturated rings. The number of ether oxygens (including phenoxy) is 3. The van der Waals surface area contributed by atoms with Gasteiger partial charge >= 0.3 is 0 Å².